The minimum atomic E-state index is -0.211. The molecule has 0 heterocycles. The molecule has 0 radical (unpaired) electrons. The zero-order valence-electron chi connectivity index (χ0n) is 16.3. The number of rotatable bonds is 2. The van der Waals surface area contributed by atoms with E-state index in [9.17, 15) is 14.7 Å². The molecule has 3 saturated carbocycles. The van der Waals surface area contributed by atoms with Gasteiger partial charge in [-0.15, -0.1) is 0 Å². The average Bonchev–Trinajstić information content (AvgIpc) is 2.90. The Bertz CT molecular complexity index is 653. The summed E-state index contributed by atoms with van der Waals surface area (Å²) in [7, 11) is 0. The maximum Gasteiger partial charge on any atom is 0.302 e. The van der Waals surface area contributed by atoms with Gasteiger partial charge in [-0.3, -0.25) is 9.59 Å². The van der Waals surface area contributed by atoms with Crippen LogP contribution in [0.1, 0.15) is 65.7 Å². The van der Waals surface area contributed by atoms with E-state index in [-0.39, 0.29) is 41.2 Å². The summed E-state index contributed by atoms with van der Waals surface area (Å²) < 4.78 is 5.71. The van der Waals surface area contributed by atoms with E-state index in [0.717, 1.165) is 38.5 Å². The van der Waals surface area contributed by atoms with Crippen LogP contribution in [0, 0.1) is 34.5 Å². The molecule has 1 N–H and O–H groups in total. The van der Waals surface area contributed by atoms with E-state index in [4.69, 9.17) is 4.74 Å². The standard InChI is InChI=1S/C22H32O4/c1-13-10-16(25)11-15-4-5-17-18-6-7-20(26-14(2)24)21(18,3)9-8-19(17)22(13,15)12-23/h11,13,17-20,23H,4-10,12H2,1-3H3/t13?,17-,18-,19+,20?,21-,22-/m0/s1. The van der Waals surface area contributed by atoms with E-state index in [1.54, 1.807) is 0 Å². The normalized spacial score (nSPS) is 47.5. The summed E-state index contributed by atoms with van der Waals surface area (Å²) in [5.74, 6) is 1.84. The molecule has 4 rings (SSSR count). The zero-order chi connectivity index (χ0) is 18.7. The highest BCUT2D eigenvalue weighted by Crippen LogP contribution is 2.66. The van der Waals surface area contributed by atoms with Gasteiger partial charge in [-0.05, 0) is 68.3 Å². The lowest BCUT2D eigenvalue weighted by molar-refractivity contribution is -0.159. The Morgan fingerprint density at radius 3 is 2.73 bits per heavy atom. The molecular weight excluding hydrogens is 328 g/mol. The average molecular weight is 360 g/mol. The molecule has 0 aromatic heterocycles. The van der Waals surface area contributed by atoms with Gasteiger partial charge in [-0.2, -0.15) is 0 Å². The summed E-state index contributed by atoms with van der Waals surface area (Å²) in [6, 6.07) is 0. The Labute approximate surface area is 156 Å². The second kappa shape index (κ2) is 6.19. The number of aliphatic hydroxyl groups is 1. The molecule has 7 atom stereocenters. The molecule has 4 heteroatoms. The van der Waals surface area contributed by atoms with Crippen LogP contribution in [-0.4, -0.2) is 29.6 Å². The van der Waals surface area contributed by atoms with Crippen LogP contribution in [-0.2, 0) is 14.3 Å². The van der Waals surface area contributed by atoms with Crippen molar-refractivity contribution in [2.24, 2.45) is 34.5 Å². The summed E-state index contributed by atoms with van der Waals surface area (Å²) >= 11 is 0. The quantitative estimate of drug-likeness (QED) is 0.763. The molecule has 0 aliphatic heterocycles. The molecule has 0 bridgehead atoms. The number of fused-ring (bicyclic) bond motifs is 5. The highest BCUT2D eigenvalue weighted by molar-refractivity contribution is 5.92. The highest BCUT2D eigenvalue weighted by atomic mass is 16.5. The molecule has 0 spiro atoms. The fourth-order valence-corrected chi connectivity index (χ4v) is 7.47. The van der Waals surface area contributed by atoms with Crippen molar-refractivity contribution in [2.75, 3.05) is 6.61 Å². The Morgan fingerprint density at radius 2 is 2.04 bits per heavy atom. The third-order valence-corrected chi connectivity index (χ3v) is 8.65. The minimum Gasteiger partial charge on any atom is -0.462 e. The first-order valence-electron chi connectivity index (χ1n) is 10.3. The van der Waals surface area contributed by atoms with E-state index in [1.165, 1.54) is 12.5 Å². The van der Waals surface area contributed by atoms with Crippen LogP contribution >= 0.6 is 0 Å². The highest BCUT2D eigenvalue weighted by Gasteiger charge is 2.62. The first-order valence-corrected chi connectivity index (χ1v) is 10.3. The number of hydrogen-bond acceptors (Lipinski definition) is 4. The summed E-state index contributed by atoms with van der Waals surface area (Å²) in [5.41, 5.74) is 1.07. The Morgan fingerprint density at radius 1 is 1.27 bits per heavy atom. The lowest BCUT2D eigenvalue weighted by Gasteiger charge is -2.60. The van der Waals surface area contributed by atoms with Gasteiger partial charge < -0.3 is 9.84 Å². The van der Waals surface area contributed by atoms with Gasteiger partial charge in [0.2, 0.25) is 0 Å². The molecule has 4 nitrogen and oxygen atoms in total. The van der Waals surface area contributed by atoms with Gasteiger partial charge in [-0.25, -0.2) is 0 Å². The van der Waals surface area contributed by atoms with Crippen LogP contribution < -0.4 is 0 Å². The fourth-order valence-electron chi connectivity index (χ4n) is 7.47. The molecule has 0 saturated heterocycles. The SMILES string of the molecule is CC(=O)OC1CC[C@H]2[C@@H]3CCC4=CC(=O)CC(C)[C@]4(CO)[C@@H]3CC[C@]12C. The molecule has 2 unspecified atom stereocenters. The lowest BCUT2D eigenvalue weighted by atomic mass is 9.45. The molecular formula is C22H32O4. The first kappa shape index (κ1) is 18.2. The van der Waals surface area contributed by atoms with Crippen molar-refractivity contribution >= 4 is 11.8 Å². The van der Waals surface area contributed by atoms with E-state index in [2.05, 4.69) is 13.8 Å². The van der Waals surface area contributed by atoms with Crippen LogP contribution in [0.5, 0.6) is 0 Å². The van der Waals surface area contributed by atoms with Gasteiger partial charge in [0.05, 0.1) is 6.61 Å². The van der Waals surface area contributed by atoms with Gasteiger partial charge in [-0.1, -0.05) is 19.4 Å². The van der Waals surface area contributed by atoms with E-state index >= 15 is 0 Å². The number of carbonyl (C=O) groups is 2. The van der Waals surface area contributed by atoms with Gasteiger partial charge in [0.15, 0.2) is 5.78 Å². The fraction of sp³-hybridized carbons (Fsp3) is 0.818. The van der Waals surface area contributed by atoms with Gasteiger partial charge in [0.1, 0.15) is 6.10 Å². The van der Waals surface area contributed by atoms with Crippen molar-refractivity contribution in [3.8, 4) is 0 Å². The molecule has 0 aromatic rings. The number of ether oxygens (including phenoxy) is 1. The topological polar surface area (TPSA) is 63.6 Å². The molecule has 0 amide bonds. The third kappa shape index (κ3) is 2.37. The van der Waals surface area contributed by atoms with Crippen LogP contribution in [0.15, 0.2) is 11.6 Å². The van der Waals surface area contributed by atoms with Crippen LogP contribution in [0.25, 0.3) is 0 Å². The van der Waals surface area contributed by atoms with Crippen molar-refractivity contribution in [3.63, 3.8) is 0 Å². The second-order valence-corrected chi connectivity index (χ2v) is 9.57. The summed E-state index contributed by atoms with van der Waals surface area (Å²) in [6.07, 6.45) is 8.68. The molecule has 3 fully saturated rings. The van der Waals surface area contributed by atoms with Crippen molar-refractivity contribution in [1.82, 2.24) is 0 Å². The third-order valence-electron chi connectivity index (χ3n) is 8.65. The molecule has 4 aliphatic carbocycles. The lowest BCUT2D eigenvalue weighted by Crippen LogP contribution is -2.56. The number of carbonyl (C=O) groups excluding carboxylic acids is 2. The van der Waals surface area contributed by atoms with E-state index in [0.29, 0.717) is 24.2 Å². The van der Waals surface area contributed by atoms with Crippen molar-refractivity contribution in [1.29, 1.82) is 0 Å². The summed E-state index contributed by atoms with van der Waals surface area (Å²) in [5, 5.41) is 10.5. The molecule has 4 aliphatic rings. The van der Waals surface area contributed by atoms with Crippen LogP contribution in [0.2, 0.25) is 0 Å². The maximum absolute atomic E-state index is 12.1. The van der Waals surface area contributed by atoms with Crippen molar-refractivity contribution in [3.05, 3.63) is 11.6 Å². The monoisotopic (exact) mass is 360 g/mol. The predicted octanol–water partition coefficient (Wildman–Crippen LogP) is 3.67. The smallest absolute Gasteiger partial charge is 0.302 e. The minimum absolute atomic E-state index is 0.0401. The largest absolute Gasteiger partial charge is 0.462 e. The maximum atomic E-state index is 12.1. The summed E-state index contributed by atoms with van der Waals surface area (Å²) in [6.45, 7) is 6.15. The molecule has 144 valence electrons. The van der Waals surface area contributed by atoms with Crippen LogP contribution in [0.3, 0.4) is 0 Å². The van der Waals surface area contributed by atoms with E-state index in [1.807, 2.05) is 6.08 Å². The Hall–Kier alpha value is -1.16. The first-order chi connectivity index (χ1) is 12.3. The number of hydrogen-bond donors (Lipinski definition) is 1. The Balaban J connectivity index is 1.68. The zero-order valence-corrected chi connectivity index (χ0v) is 16.3. The predicted molar refractivity (Wildman–Crippen MR) is 98.2 cm³/mol. The number of ketones is 1. The van der Waals surface area contributed by atoms with E-state index < -0.39 is 0 Å². The molecule has 26 heavy (non-hydrogen) atoms. The van der Waals surface area contributed by atoms with Gasteiger partial charge in [0.25, 0.3) is 0 Å². The number of aliphatic hydroxyl groups excluding tert-OH is 1. The van der Waals surface area contributed by atoms with Gasteiger partial charge >= 0.3 is 5.97 Å². The Kier molecular flexibility index (Phi) is 4.33. The second-order valence-electron chi connectivity index (χ2n) is 9.57. The summed E-state index contributed by atoms with van der Waals surface area (Å²) in [4.78, 5) is 23.7. The number of esters is 1. The van der Waals surface area contributed by atoms with Crippen LogP contribution in [0.4, 0.5) is 0 Å². The van der Waals surface area contributed by atoms with Gasteiger partial charge in [0, 0.05) is 24.2 Å². The van der Waals surface area contributed by atoms with Crippen molar-refractivity contribution < 1.29 is 19.4 Å². The molecule has 0 aromatic carbocycles. The van der Waals surface area contributed by atoms with Crippen molar-refractivity contribution in [2.45, 2.75) is 71.8 Å².